The second-order valence-corrected chi connectivity index (χ2v) is 20.0. The summed E-state index contributed by atoms with van der Waals surface area (Å²) in [7, 11) is 20.0. The molecule has 0 spiro atoms. The van der Waals surface area contributed by atoms with Crippen LogP contribution in [0.1, 0.15) is 0 Å². The molecule has 5 heavy (non-hydrogen) atoms. The first-order valence-electron chi connectivity index (χ1n) is 0.478. The van der Waals surface area contributed by atoms with Gasteiger partial charge in [-0.1, -0.05) is 0 Å². The van der Waals surface area contributed by atoms with Gasteiger partial charge in [0.15, 0.2) is 0 Å². The Morgan fingerprint density at radius 1 is 0.800 bits per heavy atom. The summed E-state index contributed by atoms with van der Waals surface area (Å²) in [5, 5.41) is 0. The van der Waals surface area contributed by atoms with Crippen LogP contribution < -0.4 is 0 Å². The number of halogens is 4. The Balaban J connectivity index is 3.02. The molecule has 0 aliphatic carbocycles. The fraction of sp³-hybridized carbons (Fsp3) is 0. The third-order valence-corrected chi connectivity index (χ3v) is 0. The predicted molar refractivity (Wildman–Crippen MR) is 23.4 cm³/mol. The monoisotopic (exact) mass is 335 g/mol. The molecule has 0 radical (unpaired) electrons. The van der Waals surface area contributed by atoms with Crippen molar-refractivity contribution in [3.05, 3.63) is 0 Å². The zero-order valence-electron chi connectivity index (χ0n) is 1.83. The topological polar surface area (TPSA) is 0 Å². The van der Waals surface area contributed by atoms with E-state index in [4.69, 9.17) is 37.7 Å². The van der Waals surface area contributed by atoms with Crippen molar-refractivity contribution in [2.24, 2.45) is 0 Å². The molecule has 0 bridgehead atoms. The van der Waals surface area contributed by atoms with E-state index in [0.29, 0.717) is 0 Å². The SMILES string of the molecule is [Cl][Pt+2]([Cl])([Cl])[Cl]. The zero-order valence-corrected chi connectivity index (χ0v) is 7.12. The average molecular weight is 337 g/mol. The Kier molecular flexibility index (Phi) is 3.06. The fourth-order valence-corrected chi connectivity index (χ4v) is 0. The third kappa shape index (κ3) is 25.4. The van der Waals surface area contributed by atoms with Crippen LogP contribution in [0.2, 0.25) is 0 Å². The molecule has 36 valence electrons. The summed E-state index contributed by atoms with van der Waals surface area (Å²) in [6, 6.07) is 0. The molecule has 0 aromatic rings. The van der Waals surface area contributed by atoms with Crippen LogP contribution in [0.4, 0.5) is 0 Å². The van der Waals surface area contributed by atoms with E-state index in [1.54, 1.807) is 0 Å². The van der Waals surface area contributed by atoms with E-state index < -0.39 is 11.9 Å². The van der Waals surface area contributed by atoms with Crippen molar-refractivity contribution in [3.8, 4) is 0 Å². The van der Waals surface area contributed by atoms with Gasteiger partial charge in [-0.15, -0.1) is 0 Å². The Morgan fingerprint density at radius 3 is 0.800 bits per heavy atom. The van der Waals surface area contributed by atoms with Crippen molar-refractivity contribution < 1.29 is 11.9 Å². The zero-order chi connectivity index (χ0) is 4.50. The van der Waals surface area contributed by atoms with E-state index in [-0.39, 0.29) is 0 Å². The van der Waals surface area contributed by atoms with Crippen LogP contribution in [-0.4, -0.2) is 0 Å². The fourth-order valence-electron chi connectivity index (χ4n) is 0. The summed E-state index contributed by atoms with van der Waals surface area (Å²) in [6.07, 6.45) is 0. The van der Waals surface area contributed by atoms with E-state index in [9.17, 15) is 0 Å². The maximum atomic E-state index is 5.01. The molecule has 0 atom stereocenters. The van der Waals surface area contributed by atoms with Gasteiger partial charge in [0.25, 0.3) is 0 Å². The second-order valence-electron chi connectivity index (χ2n) is 0.271. The van der Waals surface area contributed by atoms with Crippen LogP contribution in [0.25, 0.3) is 0 Å². The number of hydrogen-bond donors (Lipinski definition) is 0. The first-order chi connectivity index (χ1) is 2.00. The molecule has 0 aromatic carbocycles. The maximum absolute atomic E-state index is 5.01. The van der Waals surface area contributed by atoms with Crippen LogP contribution in [0, 0.1) is 0 Å². The minimum absolute atomic E-state index is 3.06. The first kappa shape index (κ1) is 6.85. The molecular weight excluding hydrogens is 337 g/mol. The summed E-state index contributed by atoms with van der Waals surface area (Å²) < 4.78 is 0. The number of hydrogen-bond acceptors (Lipinski definition) is 0. The molecule has 0 aliphatic heterocycles. The Labute approximate surface area is 49.2 Å². The van der Waals surface area contributed by atoms with E-state index in [1.165, 1.54) is 0 Å². The van der Waals surface area contributed by atoms with E-state index >= 15 is 0 Å². The van der Waals surface area contributed by atoms with Crippen molar-refractivity contribution in [1.82, 2.24) is 0 Å². The molecule has 0 aliphatic rings. The minimum atomic E-state index is -3.06. The van der Waals surface area contributed by atoms with Crippen molar-refractivity contribution in [2.75, 3.05) is 0 Å². The van der Waals surface area contributed by atoms with Gasteiger partial charge in [-0.05, 0) is 0 Å². The summed E-state index contributed by atoms with van der Waals surface area (Å²) in [5.74, 6) is 0. The molecule has 0 saturated carbocycles. The molecular formula is Cl4Pt+2. The summed E-state index contributed by atoms with van der Waals surface area (Å²) in [4.78, 5) is 0. The quantitative estimate of drug-likeness (QED) is 0.638. The summed E-state index contributed by atoms with van der Waals surface area (Å²) in [6.45, 7) is 0. The Hall–Kier alpha value is 1.85. The van der Waals surface area contributed by atoms with Gasteiger partial charge in [-0.2, -0.15) is 0 Å². The molecule has 0 rings (SSSR count). The molecule has 0 unspecified atom stereocenters. The van der Waals surface area contributed by atoms with Crippen LogP contribution in [0.3, 0.4) is 0 Å². The average Bonchev–Trinajstić information content (AvgIpc) is 0.722. The van der Waals surface area contributed by atoms with Crippen LogP contribution in [-0.2, 0) is 11.9 Å². The second kappa shape index (κ2) is 2.23. The standard InChI is InChI=1S/4ClH.Pt/h4*1H;/q;;;;+6/p-4. The molecule has 0 aromatic heterocycles. The molecule has 0 fully saturated rings. The molecule has 0 heterocycles. The summed E-state index contributed by atoms with van der Waals surface area (Å²) in [5.41, 5.74) is 0. The van der Waals surface area contributed by atoms with Crippen LogP contribution in [0.15, 0.2) is 0 Å². The van der Waals surface area contributed by atoms with Gasteiger partial charge < -0.3 is 0 Å². The Bertz CT molecular complexity index is 19.1. The van der Waals surface area contributed by atoms with Crippen LogP contribution >= 0.6 is 37.7 Å². The van der Waals surface area contributed by atoms with E-state index in [1.807, 2.05) is 0 Å². The van der Waals surface area contributed by atoms with E-state index in [0.717, 1.165) is 0 Å². The van der Waals surface area contributed by atoms with Crippen molar-refractivity contribution in [3.63, 3.8) is 0 Å². The van der Waals surface area contributed by atoms with Crippen LogP contribution in [0.5, 0.6) is 0 Å². The van der Waals surface area contributed by atoms with E-state index in [2.05, 4.69) is 0 Å². The molecule has 0 N–H and O–H groups in total. The summed E-state index contributed by atoms with van der Waals surface area (Å²) >= 11 is -3.06. The van der Waals surface area contributed by atoms with Gasteiger partial charge >= 0.3 is 49.6 Å². The third-order valence-electron chi connectivity index (χ3n) is 0. The van der Waals surface area contributed by atoms with Gasteiger partial charge in [-0.3, -0.25) is 0 Å². The van der Waals surface area contributed by atoms with Gasteiger partial charge in [0.2, 0.25) is 0 Å². The molecule has 0 amide bonds. The van der Waals surface area contributed by atoms with Crippen molar-refractivity contribution in [1.29, 1.82) is 0 Å². The van der Waals surface area contributed by atoms with Crippen molar-refractivity contribution in [2.45, 2.75) is 0 Å². The van der Waals surface area contributed by atoms with Gasteiger partial charge in [-0.25, -0.2) is 0 Å². The van der Waals surface area contributed by atoms with Gasteiger partial charge in [0.1, 0.15) is 0 Å². The van der Waals surface area contributed by atoms with Gasteiger partial charge in [0.05, 0.1) is 0 Å². The predicted octanol–water partition coefficient (Wildman–Crippen LogP) is 2.76. The van der Waals surface area contributed by atoms with Crippen molar-refractivity contribution >= 4 is 37.7 Å². The molecule has 5 heteroatoms. The Morgan fingerprint density at radius 2 is 0.800 bits per heavy atom. The first-order valence-corrected chi connectivity index (χ1v) is 11.7. The number of rotatable bonds is 0. The van der Waals surface area contributed by atoms with Gasteiger partial charge in [0, 0.05) is 0 Å². The molecule has 0 saturated heterocycles. The normalized spacial score (nSPS) is 15.2. The molecule has 0 nitrogen and oxygen atoms in total.